The van der Waals surface area contributed by atoms with Gasteiger partial charge < -0.3 is 5.11 Å². The van der Waals surface area contributed by atoms with Crippen molar-refractivity contribution in [3.63, 3.8) is 0 Å². The van der Waals surface area contributed by atoms with Crippen molar-refractivity contribution in [3.05, 3.63) is 40.7 Å². The Morgan fingerprint density at radius 2 is 2.15 bits per heavy atom. The van der Waals surface area contributed by atoms with Crippen LogP contribution in [0, 0.1) is 0 Å². The van der Waals surface area contributed by atoms with Crippen LogP contribution >= 0.6 is 11.6 Å². The molecule has 0 unspecified atom stereocenters. The predicted molar refractivity (Wildman–Crippen MR) is 70.3 cm³/mol. The SMILES string of the molecule is Cn1cc(CS(=O)(=O)c2ccc(Cl)c(C(=O)O)c2)nn1. The van der Waals surface area contributed by atoms with Crippen LogP contribution in [-0.4, -0.2) is 34.5 Å². The fraction of sp³-hybridized carbons (Fsp3) is 0.182. The van der Waals surface area contributed by atoms with E-state index in [9.17, 15) is 13.2 Å². The minimum absolute atomic E-state index is 0.0176. The predicted octanol–water partition coefficient (Wildman–Crippen LogP) is 1.14. The normalized spacial score (nSPS) is 11.5. The smallest absolute Gasteiger partial charge is 0.337 e. The molecule has 9 heteroatoms. The van der Waals surface area contributed by atoms with Crippen LogP contribution in [0.15, 0.2) is 29.3 Å². The van der Waals surface area contributed by atoms with E-state index in [1.54, 1.807) is 7.05 Å². The van der Waals surface area contributed by atoms with Crippen molar-refractivity contribution in [2.24, 2.45) is 7.05 Å². The van der Waals surface area contributed by atoms with Gasteiger partial charge in [-0.15, -0.1) is 5.10 Å². The van der Waals surface area contributed by atoms with E-state index >= 15 is 0 Å². The summed E-state index contributed by atoms with van der Waals surface area (Å²) in [4.78, 5) is 10.8. The molecule has 0 bridgehead atoms. The van der Waals surface area contributed by atoms with Crippen LogP contribution in [0.1, 0.15) is 16.1 Å². The molecule has 106 valence electrons. The number of carboxylic acid groups (broad SMARTS) is 1. The van der Waals surface area contributed by atoms with Crippen molar-refractivity contribution < 1.29 is 18.3 Å². The van der Waals surface area contributed by atoms with Crippen molar-refractivity contribution in [1.82, 2.24) is 15.0 Å². The van der Waals surface area contributed by atoms with Crippen LogP contribution in [0.5, 0.6) is 0 Å². The first-order valence-electron chi connectivity index (χ1n) is 5.40. The molecule has 0 fully saturated rings. The molecule has 2 rings (SSSR count). The number of halogens is 1. The lowest BCUT2D eigenvalue weighted by Crippen LogP contribution is -2.07. The Labute approximate surface area is 119 Å². The summed E-state index contributed by atoms with van der Waals surface area (Å²) >= 11 is 5.70. The van der Waals surface area contributed by atoms with E-state index in [1.165, 1.54) is 23.0 Å². The van der Waals surface area contributed by atoms with E-state index < -0.39 is 15.8 Å². The molecule has 0 aliphatic rings. The largest absolute Gasteiger partial charge is 0.478 e. The zero-order valence-corrected chi connectivity index (χ0v) is 11.9. The lowest BCUT2D eigenvalue weighted by atomic mass is 10.2. The monoisotopic (exact) mass is 315 g/mol. The molecule has 0 radical (unpaired) electrons. The first-order chi connectivity index (χ1) is 9.29. The van der Waals surface area contributed by atoms with Gasteiger partial charge in [0.1, 0.15) is 5.75 Å². The van der Waals surface area contributed by atoms with E-state index in [0.717, 1.165) is 6.07 Å². The third-order valence-corrected chi connectivity index (χ3v) is 4.49. The lowest BCUT2D eigenvalue weighted by molar-refractivity contribution is 0.0697. The molecule has 0 saturated heterocycles. The molecule has 0 amide bonds. The molecule has 7 nitrogen and oxygen atoms in total. The molecule has 1 aromatic heterocycles. The summed E-state index contributed by atoms with van der Waals surface area (Å²) in [5, 5.41) is 16.3. The van der Waals surface area contributed by atoms with Crippen molar-refractivity contribution in [2.75, 3.05) is 0 Å². The number of carbonyl (C=O) groups is 1. The first kappa shape index (κ1) is 14.5. The van der Waals surface area contributed by atoms with Gasteiger partial charge in [-0.1, -0.05) is 16.8 Å². The molecule has 0 spiro atoms. The number of sulfone groups is 1. The van der Waals surface area contributed by atoms with Crippen LogP contribution < -0.4 is 0 Å². The molecular weight excluding hydrogens is 306 g/mol. The highest BCUT2D eigenvalue weighted by molar-refractivity contribution is 7.90. The fourth-order valence-electron chi connectivity index (χ4n) is 1.60. The number of aromatic nitrogens is 3. The number of hydrogen-bond donors (Lipinski definition) is 1. The Hall–Kier alpha value is -1.93. The van der Waals surface area contributed by atoms with Gasteiger partial charge in [0.25, 0.3) is 0 Å². The summed E-state index contributed by atoms with van der Waals surface area (Å²) in [7, 11) is -2.09. The highest BCUT2D eigenvalue weighted by atomic mass is 35.5. The Morgan fingerprint density at radius 3 is 2.70 bits per heavy atom. The summed E-state index contributed by atoms with van der Waals surface area (Å²) in [6.07, 6.45) is 1.48. The highest BCUT2D eigenvalue weighted by Crippen LogP contribution is 2.22. The van der Waals surface area contributed by atoms with Crippen LogP contribution in [-0.2, 0) is 22.6 Å². The number of rotatable bonds is 4. The molecule has 1 N–H and O–H groups in total. The fourth-order valence-corrected chi connectivity index (χ4v) is 3.06. The summed E-state index contributed by atoms with van der Waals surface area (Å²) < 4.78 is 25.8. The standard InChI is InChI=1S/C11H10ClN3O4S/c1-15-5-7(13-14-15)6-20(18,19)8-2-3-10(12)9(4-8)11(16)17/h2-5H,6H2,1H3,(H,16,17). The summed E-state index contributed by atoms with van der Waals surface area (Å²) in [5.74, 6) is -1.65. The van der Waals surface area contributed by atoms with Gasteiger partial charge in [0, 0.05) is 13.2 Å². The number of aromatic carboxylic acids is 1. The number of carboxylic acids is 1. The quantitative estimate of drug-likeness (QED) is 0.907. The maximum absolute atomic E-state index is 12.2. The van der Waals surface area contributed by atoms with Crippen molar-refractivity contribution in [3.8, 4) is 0 Å². The van der Waals surface area contributed by atoms with E-state index in [1.807, 2.05) is 0 Å². The molecule has 20 heavy (non-hydrogen) atoms. The summed E-state index contributed by atoms with van der Waals surface area (Å²) in [6.45, 7) is 0. The van der Waals surface area contributed by atoms with Gasteiger partial charge in [0.15, 0.2) is 9.84 Å². The molecule has 0 atom stereocenters. The van der Waals surface area contributed by atoms with Crippen LogP contribution in [0.4, 0.5) is 0 Å². The minimum atomic E-state index is -3.71. The minimum Gasteiger partial charge on any atom is -0.478 e. The van der Waals surface area contributed by atoms with Gasteiger partial charge in [-0.2, -0.15) is 0 Å². The summed E-state index contributed by atoms with van der Waals surface area (Å²) in [6, 6.07) is 3.55. The zero-order chi connectivity index (χ0) is 14.9. The van der Waals surface area contributed by atoms with Gasteiger partial charge in [-0.05, 0) is 18.2 Å². The van der Waals surface area contributed by atoms with Gasteiger partial charge in [-0.3, -0.25) is 4.68 Å². The Bertz CT molecular complexity index is 770. The molecule has 0 saturated carbocycles. The van der Waals surface area contributed by atoms with Crippen molar-refractivity contribution >= 4 is 27.4 Å². The van der Waals surface area contributed by atoms with E-state index in [2.05, 4.69) is 10.3 Å². The van der Waals surface area contributed by atoms with E-state index in [4.69, 9.17) is 16.7 Å². The van der Waals surface area contributed by atoms with Crippen LogP contribution in [0.2, 0.25) is 5.02 Å². The Kier molecular flexibility index (Phi) is 3.78. The second kappa shape index (κ2) is 5.22. The molecule has 1 heterocycles. The van der Waals surface area contributed by atoms with Crippen molar-refractivity contribution in [2.45, 2.75) is 10.6 Å². The third kappa shape index (κ3) is 2.97. The molecular formula is C11H10ClN3O4S. The van der Waals surface area contributed by atoms with Crippen LogP contribution in [0.3, 0.4) is 0 Å². The number of aryl methyl sites for hydroxylation is 1. The van der Waals surface area contributed by atoms with Crippen molar-refractivity contribution in [1.29, 1.82) is 0 Å². The summed E-state index contributed by atoms with van der Waals surface area (Å²) in [5.41, 5.74) is 0.0196. The molecule has 1 aromatic carbocycles. The van der Waals surface area contributed by atoms with Gasteiger partial charge in [0.2, 0.25) is 0 Å². The number of hydrogen-bond acceptors (Lipinski definition) is 5. The Balaban J connectivity index is 2.39. The number of nitrogens with zero attached hydrogens (tertiary/aromatic N) is 3. The van der Waals surface area contributed by atoms with Gasteiger partial charge in [0.05, 0.1) is 21.2 Å². The molecule has 0 aliphatic heterocycles. The molecule has 2 aromatic rings. The second-order valence-corrected chi connectivity index (χ2v) is 6.49. The van der Waals surface area contributed by atoms with Gasteiger partial charge >= 0.3 is 5.97 Å². The van der Waals surface area contributed by atoms with Crippen LogP contribution in [0.25, 0.3) is 0 Å². The second-order valence-electron chi connectivity index (χ2n) is 4.09. The Morgan fingerprint density at radius 1 is 1.45 bits per heavy atom. The maximum Gasteiger partial charge on any atom is 0.337 e. The van der Waals surface area contributed by atoms with E-state index in [-0.39, 0.29) is 26.9 Å². The first-order valence-corrected chi connectivity index (χ1v) is 7.43. The highest BCUT2D eigenvalue weighted by Gasteiger charge is 2.20. The zero-order valence-electron chi connectivity index (χ0n) is 10.3. The maximum atomic E-state index is 12.2. The van der Waals surface area contributed by atoms with E-state index in [0.29, 0.717) is 0 Å². The topological polar surface area (TPSA) is 102 Å². The average molecular weight is 316 g/mol. The van der Waals surface area contributed by atoms with Gasteiger partial charge in [-0.25, -0.2) is 13.2 Å². The third-order valence-electron chi connectivity index (χ3n) is 2.52. The lowest BCUT2D eigenvalue weighted by Gasteiger charge is -2.05. The number of benzene rings is 1. The molecule has 0 aliphatic carbocycles. The average Bonchev–Trinajstić information content (AvgIpc) is 2.73.